The molecule has 0 saturated carbocycles. The van der Waals surface area contributed by atoms with Gasteiger partial charge in [0.2, 0.25) is 11.8 Å². The van der Waals surface area contributed by atoms with E-state index in [0.29, 0.717) is 26.1 Å². The van der Waals surface area contributed by atoms with Crippen LogP contribution in [0.25, 0.3) is 0 Å². The van der Waals surface area contributed by atoms with Crippen LogP contribution in [0.5, 0.6) is 0 Å². The SMILES string of the molecule is CCN(C)C(=O)C1CN(C(=O)Cc2ccccc2)CC1c1ccc(C)cc1. The lowest BCUT2D eigenvalue weighted by atomic mass is 9.87. The molecule has 2 aromatic carbocycles. The molecule has 142 valence electrons. The molecule has 0 aliphatic carbocycles. The van der Waals surface area contributed by atoms with Crippen LogP contribution in [0.1, 0.15) is 29.5 Å². The first kappa shape index (κ1) is 19.2. The van der Waals surface area contributed by atoms with Crippen molar-refractivity contribution in [2.45, 2.75) is 26.2 Å². The molecule has 0 spiro atoms. The van der Waals surface area contributed by atoms with Gasteiger partial charge in [0.25, 0.3) is 0 Å². The van der Waals surface area contributed by atoms with Crippen LogP contribution < -0.4 is 0 Å². The van der Waals surface area contributed by atoms with E-state index in [2.05, 4.69) is 31.2 Å². The number of benzene rings is 2. The van der Waals surface area contributed by atoms with Crippen molar-refractivity contribution in [2.24, 2.45) is 5.92 Å². The quantitative estimate of drug-likeness (QED) is 0.817. The van der Waals surface area contributed by atoms with Gasteiger partial charge in [-0.05, 0) is 25.0 Å². The van der Waals surface area contributed by atoms with E-state index in [1.807, 2.05) is 49.2 Å². The fourth-order valence-corrected chi connectivity index (χ4v) is 3.73. The minimum atomic E-state index is -0.183. The monoisotopic (exact) mass is 364 g/mol. The average Bonchev–Trinajstić information content (AvgIpc) is 3.13. The summed E-state index contributed by atoms with van der Waals surface area (Å²) in [6.07, 6.45) is 0.381. The van der Waals surface area contributed by atoms with Gasteiger partial charge in [0, 0.05) is 32.6 Å². The molecule has 0 N–H and O–H groups in total. The highest BCUT2D eigenvalue weighted by atomic mass is 16.2. The Bertz CT molecular complexity index is 786. The largest absolute Gasteiger partial charge is 0.346 e. The third-order valence-corrected chi connectivity index (χ3v) is 5.54. The van der Waals surface area contributed by atoms with Gasteiger partial charge in [-0.25, -0.2) is 0 Å². The Kier molecular flexibility index (Phi) is 5.94. The van der Waals surface area contributed by atoms with Crippen molar-refractivity contribution < 1.29 is 9.59 Å². The molecule has 2 amide bonds. The molecular weight excluding hydrogens is 336 g/mol. The zero-order valence-corrected chi connectivity index (χ0v) is 16.4. The molecule has 4 nitrogen and oxygen atoms in total. The first-order valence-electron chi connectivity index (χ1n) is 9.62. The van der Waals surface area contributed by atoms with Crippen LogP contribution in [0.4, 0.5) is 0 Å². The van der Waals surface area contributed by atoms with Crippen LogP contribution in [0.3, 0.4) is 0 Å². The van der Waals surface area contributed by atoms with E-state index in [1.165, 1.54) is 5.56 Å². The molecule has 1 saturated heterocycles. The van der Waals surface area contributed by atoms with Crippen molar-refractivity contribution in [3.63, 3.8) is 0 Å². The molecule has 0 radical (unpaired) electrons. The molecule has 27 heavy (non-hydrogen) atoms. The molecule has 0 bridgehead atoms. The van der Waals surface area contributed by atoms with Crippen molar-refractivity contribution in [3.8, 4) is 0 Å². The minimum absolute atomic E-state index is 0.0480. The van der Waals surface area contributed by atoms with Gasteiger partial charge in [0.15, 0.2) is 0 Å². The highest BCUT2D eigenvalue weighted by Crippen LogP contribution is 2.34. The van der Waals surface area contributed by atoms with E-state index in [-0.39, 0.29) is 23.7 Å². The van der Waals surface area contributed by atoms with E-state index in [9.17, 15) is 9.59 Å². The van der Waals surface area contributed by atoms with Crippen LogP contribution in [0.2, 0.25) is 0 Å². The van der Waals surface area contributed by atoms with E-state index in [1.54, 1.807) is 4.90 Å². The molecule has 1 heterocycles. The smallest absolute Gasteiger partial charge is 0.227 e. The number of carbonyl (C=O) groups is 2. The molecule has 1 aliphatic rings. The van der Waals surface area contributed by atoms with Crippen molar-refractivity contribution in [1.29, 1.82) is 0 Å². The Balaban J connectivity index is 1.81. The van der Waals surface area contributed by atoms with Gasteiger partial charge in [0.05, 0.1) is 12.3 Å². The summed E-state index contributed by atoms with van der Waals surface area (Å²) in [5.41, 5.74) is 3.34. The molecule has 1 fully saturated rings. The standard InChI is InChI=1S/C23H28N2O2/c1-4-24(3)23(27)21-16-25(22(26)14-18-8-6-5-7-9-18)15-20(21)19-12-10-17(2)11-13-19/h5-13,20-21H,4,14-16H2,1-3H3. The summed E-state index contributed by atoms with van der Waals surface area (Å²) in [6.45, 7) is 5.80. The highest BCUT2D eigenvalue weighted by Gasteiger charge is 2.41. The predicted octanol–water partition coefficient (Wildman–Crippen LogP) is 3.26. The van der Waals surface area contributed by atoms with Crippen LogP contribution in [0, 0.1) is 12.8 Å². The topological polar surface area (TPSA) is 40.6 Å². The third kappa shape index (κ3) is 4.38. The van der Waals surface area contributed by atoms with Crippen molar-refractivity contribution in [1.82, 2.24) is 9.80 Å². The van der Waals surface area contributed by atoms with E-state index < -0.39 is 0 Å². The van der Waals surface area contributed by atoms with E-state index >= 15 is 0 Å². The predicted molar refractivity (Wildman–Crippen MR) is 107 cm³/mol. The normalized spacial score (nSPS) is 19.1. The first-order valence-corrected chi connectivity index (χ1v) is 9.62. The Morgan fingerprint density at radius 2 is 1.70 bits per heavy atom. The Hall–Kier alpha value is -2.62. The van der Waals surface area contributed by atoms with Gasteiger partial charge >= 0.3 is 0 Å². The maximum Gasteiger partial charge on any atom is 0.227 e. The fraction of sp³-hybridized carbons (Fsp3) is 0.391. The summed E-state index contributed by atoms with van der Waals surface area (Å²) < 4.78 is 0. The zero-order chi connectivity index (χ0) is 19.4. The summed E-state index contributed by atoms with van der Waals surface area (Å²) >= 11 is 0. The minimum Gasteiger partial charge on any atom is -0.346 e. The lowest BCUT2D eigenvalue weighted by molar-refractivity contribution is -0.134. The van der Waals surface area contributed by atoms with Crippen LogP contribution in [0.15, 0.2) is 54.6 Å². The number of aryl methyl sites for hydroxylation is 1. The lowest BCUT2D eigenvalue weighted by Crippen LogP contribution is -2.37. The van der Waals surface area contributed by atoms with Crippen molar-refractivity contribution in [3.05, 3.63) is 71.3 Å². The van der Waals surface area contributed by atoms with Crippen molar-refractivity contribution in [2.75, 3.05) is 26.7 Å². The first-order chi connectivity index (χ1) is 13.0. The summed E-state index contributed by atoms with van der Waals surface area (Å²) in [7, 11) is 1.84. The average molecular weight is 364 g/mol. The van der Waals surface area contributed by atoms with Gasteiger partial charge in [-0.2, -0.15) is 0 Å². The molecule has 4 heteroatoms. The second-order valence-electron chi connectivity index (χ2n) is 7.44. The van der Waals surface area contributed by atoms with Crippen molar-refractivity contribution >= 4 is 11.8 Å². The number of rotatable bonds is 5. The summed E-state index contributed by atoms with van der Waals surface area (Å²) in [4.78, 5) is 29.4. The van der Waals surface area contributed by atoms with Gasteiger partial charge in [-0.3, -0.25) is 9.59 Å². The number of likely N-dealkylation sites (tertiary alicyclic amines) is 1. The highest BCUT2D eigenvalue weighted by molar-refractivity contribution is 5.84. The second-order valence-corrected chi connectivity index (χ2v) is 7.44. The molecule has 3 rings (SSSR count). The summed E-state index contributed by atoms with van der Waals surface area (Å²) in [6, 6.07) is 18.1. The van der Waals surface area contributed by atoms with Gasteiger partial charge in [-0.15, -0.1) is 0 Å². The van der Waals surface area contributed by atoms with Gasteiger partial charge in [-0.1, -0.05) is 60.2 Å². The number of amides is 2. The van der Waals surface area contributed by atoms with Crippen LogP contribution >= 0.6 is 0 Å². The van der Waals surface area contributed by atoms with E-state index in [4.69, 9.17) is 0 Å². The molecular formula is C23H28N2O2. The number of nitrogens with zero attached hydrogens (tertiary/aromatic N) is 2. The third-order valence-electron chi connectivity index (χ3n) is 5.54. The van der Waals surface area contributed by atoms with Gasteiger partial charge < -0.3 is 9.80 Å². The Labute approximate surface area is 161 Å². The maximum atomic E-state index is 12.9. The number of hydrogen-bond acceptors (Lipinski definition) is 2. The van der Waals surface area contributed by atoms with Gasteiger partial charge in [0.1, 0.15) is 0 Å². The fourth-order valence-electron chi connectivity index (χ4n) is 3.73. The number of hydrogen-bond donors (Lipinski definition) is 0. The van der Waals surface area contributed by atoms with Crippen LogP contribution in [-0.4, -0.2) is 48.3 Å². The Morgan fingerprint density at radius 1 is 1.04 bits per heavy atom. The maximum absolute atomic E-state index is 12.9. The summed E-state index contributed by atoms with van der Waals surface area (Å²) in [5.74, 6) is 0.0788. The number of carbonyl (C=O) groups excluding carboxylic acids is 2. The molecule has 2 aromatic rings. The molecule has 1 aliphatic heterocycles. The van der Waals surface area contributed by atoms with Crippen LogP contribution in [-0.2, 0) is 16.0 Å². The lowest BCUT2D eigenvalue weighted by Gasteiger charge is -2.23. The molecule has 2 atom stereocenters. The molecule has 2 unspecified atom stereocenters. The molecule has 0 aromatic heterocycles. The Morgan fingerprint density at radius 3 is 2.33 bits per heavy atom. The summed E-state index contributed by atoms with van der Waals surface area (Å²) in [5, 5.41) is 0. The zero-order valence-electron chi connectivity index (χ0n) is 16.4. The second kappa shape index (κ2) is 8.38. The van der Waals surface area contributed by atoms with E-state index in [0.717, 1.165) is 11.1 Å².